The molecule has 0 amide bonds. The van der Waals surface area contributed by atoms with Crippen molar-refractivity contribution in [2.24, 2.45) is 5.73 Å². The summed E-state index contributed by atoms with van der Waals surface area (Å²) < 4.78 is 5.43. The Kier molecular flexibility index (Phi) is 3.07. The van der Waals surface area contributed by atoms with Crippen molar-refractivity contribution in [3.05, 3.63) is 34.6 Å². The Morgan fingerprint density at radius 3 is 2.88 bits per heavy atom. The van der Waals surface area contributed by atoms with E-state index in [1.807, 2.05) is 6.92 Å². The summed E-state index contributed by atoms with van der Waals surface area (Å²) in [5.41, 5.74) is 7.24. The van der Waals surface area contributed by atoms with Gasteiger partial charge < -0.3 is 10.5 Å². The van der Waals surface area contributed by atoms with Gasteiger partial charge in [0.25, 0.3) is 0 Å². The Balaban J connectivity index is 2.21. The van der Waals surface area contributed by atoms with Gasteiger partial charge in [0.2, 0.25) is 11.8 Å². The van der Waals surface area contributed by atoms with Crippen LogP contribution in [0.3, 0.4) is 0 Å². The maximum Gasteiger partial charge on any atom is 0.240 e. The zero-order valence-electron chi connectivity index (χ0n) is 8.70. The highest BCUT2D eigenvalue weighted by atomic mass is 35.5. The van der Waals surface area contributed by atoms with Crippen molar-refractivity contribution in [1.82, 2.24) is 15.2 Å². The van der Waals surface area contributed by atoms with E-state index < -0.39 is 0 Å². The number of ether oxygens (including phenoxy) is 1. The zero-order chi connectivity index (χ0) is 11.5. The molecule has 0 aliphatic carbocycles. The van der Waals surface area contributed by atoms with Crippen molar-refractivity contribution in [2.45, 2.75) is 13.5 Å². The lowest BCUT2D eigenvalue weighted by Gasteiger charge is -2.04. The van der Waals surface area contributed by atoms with E-state index in [9.17, 15) is 0 Å². The number of H-pyrrole nitrogens is 1. The highest BCUT2D eigenvalue weighted by Crippen LogP contribution is 2.22. The van der Waals surface area contributed by atoms with Crippen LogP contribution in [0.4, 0.5) is 0 Å². The Morgan fingerprint density at radius 2 is 2.25 bits per heavy atom. The number of halogens is 1. The van der Waals surface area contributed by atoms with E-state index in [4.69, 9.17) is 22.1 Å². The summed E-state index contributed by atoms with van der Waals surface area (Å²) in [6, 6.07) is 3.48. The number of aryl methyl sites for hydroxylation is 1. The molecule has 2 heterocycles. The number of aromatic nitrogens is 3. The molecule has 0 radical (unpaired) electrons. The second-order valence-electron chi connectivity index (χ2n) is 3.31. The predicted molar refractivity (Wildman–Crippen MR) is 60.5 cm³/mol. The smallest absolute Gasteiger partial charge is 0.240 e. The van der Waals surface area contributed by atoms with Crippen LogP contribution in [0.1, 0.15) is 11.3 Å². The summed E-state index contributed by atoms with van der Waals surface area (Å²) in [6.45, 7) is 2.23. The van der Waals surface area contributed by atoms with Gasteiger partial charge in [0.15, 0.2) is 0 Å². The first-order chi connectivity index (χ1) is 7.69. The lowest BCUT2D eigenvalue weighted by Crippen LogP contribution is -1.99. The minimum atomic E-state index is 0.345. The third kappa shape index (κ3) is 2.32. The van der Waals surface area contributed by atoms with Crippen LogP contribution in [-0.4, -0.2) is 15.2 Å². The van der Waals surface area contributed by atoms with Crippen LogP contribution in [0.25, 0.3) is 0 Å². The zero-order valence-corrected chi connectivity index (χ0v) is 9.45. The molecule has 2 aromatic rings. The van der Waals surface area contributed by atoms with E-state index in [1.54, 1.807) is 12.1 Å². The maximum atomic E-state index is 5.88. The predicted octanol–water partition coefficient (Wildman–Crippen LogP) is 2.02. The molecular formula is C10H11ClN4O. The monoisotopic (exact) mass is 238 g/mol. The second-order valence-corrected chi connectivity index (χ2v) is 3.72. The average molecular weight is 239 g/mol. The van der Waals surface area contributed by atoms with E-state index >= 15 is 0 Å². The lowest BCUT2D eigenvalue weighted by atomic mass is 10.3. The molecule has 0 saturated carbocycles. The van der Waals surface area contributed by atoms with Gasteiger partial charge in [-0.1, -0.05) is 11.6 Å². The summed E-state index contributed by atoms with van der Waals surface area (Å²) in [4.78, 5) is 4.03. The Hall–Kier alpha value is -1.59. The van der Waals surface area contributed by atoms with Gasteiger partial charge in [-0.15, -0.1) is 5.10 Å². The first-order valence-corrected chi connectivity index (χ1v) is 5.11. The van der Waals surface area contributed by atoms with Gasteiger partial charge >= 0.3 is 0 Å². The first-order valence-electron chi connectivity index (χ1n) is 4.73. The number of nitrogens with two attached hydrogens (primary N) is 1. The van der Waals surface area contributed by atoms with Crippen molar-refractivity contribution in [2.75, 3.05) is 0 Å². The van der Waals surface area contributed by atoms with E-state index in [-0.39, 0.29) is 0 Å². The van der Waals surface area contributed by atoms with Crippen molar-refractivity contribution in [3.8, 4) is 11.8 Å². The molecule has 6 heteroatoms. The molecule has 0 saturated heterocycles. The molecule has 16 heavy (non-hydrogen) atoms. The van der Waals surface area contributed by atoms with Gasteiger partial charge in [0.05, 0.1) is 5.02 Å². The van der Waals surface area contributed by atoms with Gasteiger partial charge in [0, 0.05) is 30.6 Å². The molecule has 2 rings (SSSR count). The summed E-state index contributed by atoms with van der Waals surface area (Å²) in [5, 5.41) is 7.25. The number of hydrogen-bond donors (Lipinski definition) is 2. The van der Waals surface area contributed by atoms with Crippen molar-refractivity contribution in [3.63, 3.8) is 0 Å². The molecule has 2 aromatic heterocycles. The Bertz CT molecular complexity index is 497. The molecular weight excluding hydrogens is 228 g/mol. The number of aromatic amines is 1. The molecule has 0 aliphatic heterocycles. The van der Waals surface area contributed by atoms with E-state index in [0.717, 1.165) is 11.3 Å². The topological polar surface area (TPSA) is 76.8 Å². The van der Waals surface area contributed by atoms with Gasteiger partial charge in [-0.25, -0.2) is 4.98 Å². The normalized spacial score (nSPS) is 10.4. The van der Waals surface area contributed by atoms with Crippen LogP contribution in [0.2, 0.25) is 5.02 Å². The minimum Gasteiger partial charge on any atom is -0.419 e. The maximum absolute atomic E-state index is 5.88. The fourth-order valence-electron chi connectivity index (χ4n) is 1.22. The largest absolute Gasteiger partial charge is 0.419 e. The lowest BCUT2D eigenvalue weighted by molar-refractivity contribution is 0.443. The average Bonchev–Trinajstić information content (AvgIpc) is 2.67. The first kappa shape index (κ1) is 10.9. The highest BCUT2D eigenvalue weighted by molar-refractivity contribution is 6.31. The minimum absolute atomic E-state index is 0.345. The molecule has 0 atom stereocenters. The van der Waals surface area contributed by atoms with Crippen molar-refractivity contribution >= 4 is 11.6 Å². The molecule has 0 unspecified atom stereocenters. The summed E-state index contributed by atoms with van der Waals surface area (Å²) in [7, 11) is 0. The molecule has 84 valence electrons. The fourth-order valence-corrected chi connectivity index (χ4v) is 1.40. The van der Waals surface area contributed by atoms with Crippen LogP contribution in [-0.2, 0) is 6.54 Å². The van der Waals surface area contributed by atoms with Crippen LogP contribution in [0, 0.1) is 6.92 Å². The van der Waals surface area contributed by atoms with E-state index in [2.05, 4.69) is 15.2 Å². The molecule has 0 bridgehead atoms. The van der Waals surface area contributed by atoms with Crippen molar-refractivity contribution < 1.29 is 4.74 Å². The van der Waals surface area contributed by atoms with Crippen LogP contribution in [0.15, 0.2) is 18.3 Å². The quantitative estimate of drug-likeness (QED) is 0.858. The van der Waals surface area contributed by atoms with Gasteiger partial charge in [-0.05, 0) is 12.5 Å². The SMILES string of the molecule is Cc1cc(Oc2cc(CN)c(Cl)cn2)n[nH]1. The number of nitrogens with one attached hydrogen (secondary N) is 1. The summed E-state index contributed by atoms with van der Waals surface area (Å²) >= 11 is 5.88. The number of pyridine rings is 1. The van der Waals surface area contributed by atoms with E-state index in [0.29, 0.717) is 23.3 Å². The van der Waals surface area contributed by atoms with Crippen molar-refractivity contribution in [1.29, 1.82) is 0 Å². The molecule has 0 aliphatic rings. The summed E-state index contributed by atoms with van der Waals surface area (Å²) in [6.07, 6.45) is 1.51. The Labute approximate surface area is 97.6 Å². The van der Waals surface area contributed by atoms with Gasteiger partial charge in [-0.3, -0.25) is 5.10 Å². The van der Waals surface area contributed by atoms with E-state index in [1.165, 1.54) is 6.20 Å². The summed E-state index contributed by atoms with van der Waals surface area (Å²) in [5.74, 6) is 0.895. The third-order valence-electron chi connectivity index (χ3n) is 2.02. The Morgan fingerprint density at radius 1 is 1.44 bits per heavy atom. The van der Waals surface area contributed by atoms with Gasteiger partial charge in [0.1, 0.15) is 0 Å². The second kappa shape index (κ2) is 4.51. The number of nitrogens with zero attached hydrogens (tertiary/aromatic N) is 2. The number of hydrogen-bond acceptors (Lipinski definition) is 4. The molecule has 0 spiro atoms. The third-order valence-corrected chi connectivity index (χ3v) is 2.36. The van der Waals surface area contributed by atoms with Crippen LogP contribution >= 0.6 is 11.6 Å². The molecule has 0 fully saturated rings. The van der Waals surface area contributed by atoms with Crippen LogP contribution < -0.4 is 10.5 Å². The standard InChI is InChI=1S/C10H11ClN4O/c1-6-2-10(15-14-6)16-9-3-7(4-12)8(11)5-13-9/h2-3,5H,4,12H2,1H3,(H,14,15). The van der Waals surface area contributed by atoms with Gasteiger partial charge in [-0.2, -0.15) is 0 Å². The van der Waals surface area contributed by atoms with Crippen LogP contribution in [0.5, 0.6) is 11.8 Å². The molecule has 0 aromatic carbocycles. The fraction of sp³-hybridized carbons (Fsp3) is 0.200. The molecule has 5 nitrogen and oxygen atoms in total. The number of rotatable bonds is 3. The molecule has 3 N–H and O–H groups in total. The highest BCUT2D eigenvalue weighted by Gasteiger charge is 2.05.